The maximum absolute atomic E-state index is 12.8. The first-order chi connectivity index (χ1) is 13.6. The van der Waals surface area contributed by atoms with Crippen LogP contribution >= 0.6 is 11.3 Å². The zero-order valence-electron chi connectivity index (χ0n) is 18.5. The van der Waals surface area contributed by atoms with E-state index in [1.165, 1.54) is 27.1 Å². The molecule has 3 nitrogen and oxygen atoms in total. The summed E-state index contributed by atoms with van der Waals surface area (Å²) in [6, 6.07) is 14.3. The first-order valence-corrected chi connectivity index (χ1v) is 10.9. The standard InChI is InChI=1S/C25H30N2OS/c1-8-27-22(20-10-9-16(2)17(3)15-20)18(4)29-24(27)26-23(28)19-11-13-21(14-12-19)25(5,6)7/h9-15H,8H2,1-7H3. The molecule has 0 bridgehead atoms. The highest BCUT2D eigenvalue weighted by Crippen LogP contribution is 2.27. The number of hydrogen-bond donors (Lipinski definition) is 0. The Kier molecular flexibility index (Phi) is 5.95. The predicted octanol–water partition coefficient (Wildman–Crippen LogP) is 6.20. The van der Waals surface area contributed by atoms with Gasteiger partial charge in [-0.1, -0.05) is 45.0 Å². The van der Waals surface area contributed by atoms with Gasteiger partial charge in [-0.3, -0.25) is 4.79 Å². The Labute approximate surface area is 177 Å². The van der Waals surface area contributed by atoms with Crippen LogP contribution in [-0.2, 0) is 12.0 Å². The van der Waals surface area contributed by atoms with Crippen LogP contribution in [0.1, 0.15) is 59.6 Å². The highest BCUT2D eigenvalue weighted by atomic mass is 32.1. The molecule has 3 aromatic rings. The lowest BCUT2D eigenvalue weighted by Crippen LogP contribution is -2.17. The zero-order valence-corrected chi connectivity index (χ0v) is 19.3. The molecule has 0 saturated carbocycles. The van der Waals surface area contributed by atoms with E-state index in [0.717, 1.165) is 17.0 Å². The summed E-state index contributed by atoms with van der Waals surface area (Å²) in [5, 5.41) is 0. The number of benzene rings is 2. The molecule has 0 aliphatic carbocycles. The molecule has 0 atom stereocenters. The monoisotopic (exact) mass is 406 g/mol. The fourth-order valence-corrected chi connectivity index (χ4v) is 4.47. The molecule has 0 aliphatic heterocycles. The van der Waals surface area contributed by atoms with E-state index in [2.05, 4.69) is 76.2 Å². The molecule has 1 heterocycles. The number of thiazole rings is 1. The number of carbonyl (C=O) groups excluding carboxylic acids is 1. The number of amides is 1. The van der Waals surface area contributed by atoms with Crippen LogP contribution in [0.2, 0.25) is 0 Å². The highest BCUT2D eigenvalue weighted by molar-refractivity contribution is 7.09. The van der Waals surface area contributed by atoms with Crippen LogP contribution in [-0.4, -0.2) is 10.5 Å². The van der Waals surface area contributed by atoms with Gasteiger partial charge in [0.05, 0.1) is 5.69 Å². The number of nitrogens with zero attached hydrogens (tertiary/aromatic N) is 2. The number of aryl methyl sites for hydroxylation is 3. The van der Waals surface area contributed by atoms with Crippen LogP contribution in [0.4, 0.5) is 0 Å². The molecule has 0 N–H and O–H groups in total. The SMILES string of the molecule is CCn1c(-c2ccc(C)c(C)c2)c(C)sc1=NC(=O)c1ccc(C(C)(C)C)cc1. The minimum absolute atomic E-state index is 0.0654. The van der Waals surface area contributed by atoms with E-state index in [9.17, 15) is 4.79 Å². The second-order valence-corrected chi connectivity index (χ2v) is 9.76. The van der Waals surface area contributed by atoms with Crippen LogP contribution in [0.3, 0.4) is 0 Å². The Bertz CT molecular complexity index is 1110. The number of rotatable bonds is 3. The molecule has 0 radical (unpaired) electrons. The van der Waals surface area contributed by atoms with E-state index in [4.69, 9.17) is 0 Å². The van der Waals surface area contributed by atoms with Gasteiger partial charge in [0.15, 0.2) is 4.80 Å². The van der Waals surface area contributed by atoms with Gasteiger partial charge in [0.1, 0.15) is 0 Å². The summed E-state index contributed by atoms with van der Waals surface area (Å²) >= 11 is 1.58. The van der Waals surface area contributed by atoms with Gasteiger partial charge in [0.2, 0.25) is 0 Å². The zero-order chi connectivity index (χ0) is 21.3. The van der Waals surface area contributed by atoms with E-state index < -0.39 is 0 Å². The second-order valence-electron chi connectivity index (χ2n) is 8.58. The van der Waals surface area contributed by atoms with Gasteiger partial charge in [-0.05, 0) is 73.6 Å². The summed E-state index contributed by atoms with van der Waals surface area (Å²) in [4.78, 5) is 19.2. The third kappa shape index (κ3) is 4.43. The smallest absolute Gasteiger partial charge is 0.279 e. The molecule has 1 amide bonds. The van der Waals surface area contributed by atoms with Gasteiger partial charge >= 0.3 is 0 Å². The lowest BCUT2D eigenvalue weighted by Gasteiger charge is -2.18. The molecule has 0 saturated heterocycles. The third-order valence-electron chi connectivity index (χ3n) is 5.37. The first-order valence-electron chi connectivity index (χ1n) is 10.1. The second kappa shape index (κ2) is 8.11. The summed E-state index contributed by atoms with van der Waals surface area (Å²) in [5.74, 6) is -0.194. The Morgan fingerprint density at radius 3 is 2.21 bits per heavy atom. The molecule has 29 heavy (non-hydrogen) atoms. The van der Waals surface area contributed by atoms with E-state index in [0.29, 0.717) is 5.56 Å². The predicted molar refractivity (Wildman–Crippen MR) is 123 cm³/mol. The van der Waals surface area contributed by atoms with Crippen LogP contribution in [0.25, 0.3) is 11.3 Å². The summed E-state index contributed by atoms with van der Waals surface area (Å²) in [6.07, 6.45) is 0. The van der Waals surface area contributed by atoms with Gasteiger partial charge in [-0.15, -0.1) is 11.3 Å². The molecular formula is C25H30N2OS. The van der Waals surface area contributed by atoms with E-state index in [1.54, 1.807) is 11.3 Å². The van der Waals surface area contributed by atoms with E-state index in [-0.39, 0.29) is 11.3 Å². The Morgan fingerprint density at radius 2 is 1.66 bits per heavy atom. The van der Waals surface area contributed by atoms with Gasteiger partial charge in [-0.2, -0.15) is 4.99 Å². The molecule has 0 spiro atoms. The summed E-state index contributed by atoms with van der Waals surface area (Å²) in [6.45, 7) is 15.7. The highest BCUT2D eigenvalue weighted by Gasteiger charge is 2.16. The molecule has 0 aliphatic rings. The molecule has 3 rings (SSSR count). The van der Waals surface area contributed by atoms with Crippen molar-refractivity contribution in [3.8, 4) is 11.3 Å². The average Bonchev–Trinajstić information content (AvgIpc) is 2.98. The quantitative estimate of drug-likeness (QED) is 0.510. The van der Waals surface area contributed by atoms with Crippen molar-refractivity contribution in [1.82, 2.24) is 4.57 Å². The van der Waals surface area contributed by atoms with Crippen molar-refractivity contribution in [3.05, 3.63) is 74.4 Å². The van der Waals surface area contributed by atoms with Gasteiger partial charge in [-0.25, -0.2) is 0 Å². The lowest BCUT2D eigenvalue weighted by atomic mass is 9.87. The Hall–Kier alpha value is -2.46. The van der Waals surface area contributed by atoms with Crippen molar-refractivity contribution >= 4 is 17.2 Å². The molecule has 2 aromatic carbocycles. The maximum Gasteiger partial charge on any atom is 0.279 e. The van der Waals surface area contributed by atoms with Crippen molar-refractivity contribution in [2.24, 2.45) is 4.99 Å². The molecule has 1 aromatic heterocycles. The molecule has 0 unspecified atom stereocenters. The summed E-state index contributed by atoms with van der Waals surface area (Å²) < 4.78 is 2.14. The fraction of sp³-hybridized carbons (Fsp3) is 0.360. The van der Waals surface area contributed by atoms with Gasteiger partial charge < -0.3 is 4.57 Å². The van der Waals surface area contributed by atoms with Crippen molar-refractivity contribution in [3.63, 3.8) is 0 Å². The number of aromatic nitrogens is 1. The van der Waals surface area contributed by atoms with Gasteiger partial charge in [0.25, 0.3) is 5.91 Å². The normalized spacial score (nSPS) is 12.4. The minimum Gasteiger partial charge on any atom is -0.316 e. The minimum atomic E-state index is -0.194. The molecule has 152 valence electrons. The fourth-order valence-electron chi connectivity index (χ4n) is 3.41. The van der Waals surface area contributed by atoms with E-state index >= 15 is 0 Å². The van der Waals surface area contributed by atoms with Crippen LogP contribution in [0.15, 0.2) is 47.5 Å². The van der Waals surface area contributed by atoms with Crippen molar-refractivity contribution in [1.29, 1.82) is 0 Å². The van der Waals surface area contributed by atoms with Crippen LogP contribution < -0.4 is 4.80 Å². The van der Waals surface area contributed by atoms with Gasteiger partial charge in [0, 0.05) is 17.0 Å². The van der Waals surface area contributed by atoms with Crippen molar-refractivity contribution in [2.45, 2.75) is 60.4 Å². The Morgan fingerprint density at radius 1 is 1.00 bits per heavy atom. The Balaban J connectivity index is 2.03. The lowest BCUT2D eigenvalue weighted by molar-refractivity contribution is 0.0997. The van der Waals surface area contributed by atoms with E-state index in [1.807, 2.05) is 24.3 Å². The number of carbonyl (C=O) groups is 1. The topological polar surface area (TPSA) is 34.4 Å². The largest absolute Gasteiger partial charge is 0.316 e. The van der Waals surface area contributed by atoms with Crippen LogP contribution in [0.5, 0.6) is 0 Å². The maximum atomic E-state index is 12.8. The van der Waals surface area contributed by atoms with Crippen molar-refractivity contribution < 1.29 is 4.79 Å². The third-order valence-corrected chi connectivity index (χ3v) is 6.36. The van der Waals surface area contributed by atoms with Crippen LogP contribution in [0, 0.1) is 20.8 Å². The summed E-state index contributed by atoms with van der Waals surface area (Å²) in [5.41, 5.74) is 6.77. The molecule has 4 heteroatoms. The number of hydrogen-bond acceptors (Lipinski definition) is 2. The molecule has 0 fully saturated rings. The average molecular weight is 407 g/mol. The first kappa shape index (κ1) is 21.3. The van der Waals surface area contributed by atoms with Crippen molar-refractivity contribution in [2.75, 3.05) is 0 Å². The molecular weight excluding hydrogens is 376 g/mol. The summed E-state index contributed by atoms with van der Waals surface area (Å²) in [7, 11) is 0.